The van der Waals surface area contributed by atoms with Gasteiger partial charge in [0, 0.05) is 54.0 Å². The molecule has 6 rings (SSSR count). The van der Waals surface area contributed by atoms with Crippen molar-refractivity contribution in [2.45, 2.75) is 72.0 Å². The molecule has 3 amide bonds. The van der Waals surface area contributed by atoms with Gasteiger partial charge in [0.2, 0.25) is 11.8 Å². The number of fused-ring (bicyclic) bond motifs is 3. The van der Waals surface area contributed by atoms with Gasteiger partial charge in [-0.05, 0) is 50.3 Å². The maximum absolute atomic E-state index is 13.9. The van der Waals surface area contributed by atoms with Crippen LogP contribution in [0.1, 0.15) is 72.5 Å². The van der Waals surface area contributed by atoms with E-state index in [9.17, 15) is 14.4 Å². The predicted octanol–water partition coefficient (Wildman–Crippen LogP) is 4.99. The number of hydrogen-bond acceptors (Lipinski definition) is 6. The van der Waals surface area contributed by atoms with Crippen molar-refractivity contribution < 1.29 is 18.8 Å². The molecule has 0 bridgehead atoms. The second-order valence-electron chi connectivity index (χ2n) is 12.6. The molecular formula is C35H41N7O4. The van der Waals surface area contributed by atoms with E-state index in [1.807, 2.05) is 68.6 Å². The topological polar surface area (TPSA) is 138 Å². The molecule has 0 spiro atoms. The van der Waals surface area contributed by atoms with Crippen molar-refractivity contribution in [3.8, 4) is 0 Å². The van der Waals surface area contributed by atoms with E-state index in [1.165, 1.54) is 0 Å². The average molecular weight is 624 g/mol. The Bertz CT molecular complexity index is 1880. The predicted molar refractivity (Wildman–Crippen MR) is 175 cm³/mol. The maximum atomic E-state index is 13.9. The molecule has 0 saturated heterocycles. The monoisotopic (exact) mass is 623 g/mol. The van der Waals surface area contributed by atoms with Crippen molar-refractivity contribution in [3.63, 3.8) is 0 Å². The molecule has 1 aliphatic heterocycles. The fraction of sp³-hybridized carbons (Fsp3) is 0.400. The quantitative estimate of drug-likeness (QED) is 0.252. The highest BCUT2D eigenvalue weighted by Crippen LogP contribution is 2.27. The Kier molecular flexibility index (Phi) is 8.92. The minimum atomic E-state index is -0.808. The number of hydrogen-bond donors (Lipinski definition) is 3. The first-order valence-corrected chi connectivity index (χ1v) is 16.0. The lowest BCUT2D eigenvalue weighted by atomic mass is 10.0. The van der Waals surface area contributed by atoms with E-state index in [0.717, 1.165) is 27.4 Å². The van der Waals surface area contributed by atoms with Crippen LogP contribution < -0.4 is 10.6 Å². The summed E-state index contributed by atoms with van der Waals surface area (Å²) in [6.07, 6.45) is 3.40. The van der Waals surface area contributed by atoms with E-state index in [2.05, 4.69) is 34.6 Å². The number of aromatic amines is 1. The number of nitrogens with zero attached hydrogens (tertiary/aromatic N) is 4. The summed E-state index contributed by atoms with van der Waals surface area (Å²) in [5.41, 5.74) is 3.35. The molecule has 46 heavy (non-hydrogen) atoms. The molecule has 3 N–H and O–H groups in total. The van der Waals surface area contributed by atoms with Crippen molar-refractivity contribution in [1.29, 1.82) is 0 Å². The number of H-pyrrole nitrogens is 1. The van der Waals surface area contributed by atoms with Gasteiger partial charge in [-0.15, -0.1) is 0 Å². The largest absolute Gasteiger partial charge is 0.451 e. The summed E-state index contributed by atoms with van der Waals surface area (Å²) in [6, 6.07) is 14.3. The molecule has 0 saturated carbocycles. The van der Waals surface area contributed by atoms with Crippen molar-refractivity contribution >= 4 is 39.6 Å². The molecule has 0 fully saturated rings. The van der Waals surface area contributed by atoms with Crippen LogP contribution in [-0.2, 0) is 22.6 Å². The summed E-state index contributed by atoms with van der Waals surface area (Å²) in [7, 11) is 0. The average Bonchev–Trinajstić information content (AvgIpc) is 3.72. The fourth-order valence-electron chi connectivity index (χ4n) is 6.35. The van der Waals surface area contributed by atoms with Gasteiger partial charge in [0.25, 0.3) is 5.91 Å². The Morgan fingerprint density at radius 2 is 1.74 bits per heavy atom. The number of aromatic nitrogens is 4. The zero-order valence-corrected chi connectivity index (χ0v) is 26.8. The number of carbonyl (C=O) groups is 3. The van der Waals surface area contributed by atoms with Crippen LogP contribution in [0, 0.1) is 19.8 Å². The molecule has 1 aliphatic rings. The molecule has 2 aromatic carbocycles. The highest BCUT2D eigenvalue weighted by Gasteiger charge is 2.30. The van der Waals surface area contributed by atoms with Gasteiger partial charge in [-0.25, -0.2) is 9.67 Å². The molecule has 3 aromatic heterocycles. The number of nitrogens with one attached hydrogen (secondary N) is 3. The third-order valence-electron chi connectivity index (χ3n) is 8.63. The van der Waals surface area contributed by atoms with Gasteiger partial charge >= 0.3 is 0 Å². The SMILES string of the molecule is Cc1nc2n(n1)CCN(C(=O)c1oc3ccccc3c1C)CCCC(=O)N[C@H](Cc1c[nH]c3ccccc13)C(=O)N[C@H]2CC(C)C. The zero-order chi connectivity index (χ0) is 32.4. The summed E-state index contributed by atoms with van der Waals surface area (Å²) in [5.74, 6) is 0.993. The highest BCUT2D eigenvalue weighted by molar-refractivity contribution is 5.99. The van der Waals surface area contributed by atoms with Gasteiger partial charge in [0.1, 0.15) is 23.3 Å². The van der Waals surface area contributed by atoms with E-state index in [0.29, 0.717) is 61.9 Å². The smallest absolute Gasteiger partial charge is 0.289 e. The summed E-state index contributed by atoms with van der Waals surface area (Å²) in [4.78, 5) is 51.0. The third-order valence-corrected chi connectivity index (χ3v) is 8.63. The van der Waals surface area contributed by atoms with Gasteiger partial charge in [-0.1, -0.05) is 50.2 Å². The Balaban J connectivity index is 1.33. The number of rotatable bonds is 5. The number of benzene rings is 2. The second kappa shape index (κ2) is 13.2. The van der Waals surface area contributed by atoms with Crippen LogP contribution in [0.5, 0.6) is 0 Å². The summed E-state index contributed by atoms with van der Waals surface area (Å²) >= 11 is 0. The summed E-state index contributed by atoms with van der Waals surface area (Å²) < 4.78 is 7.83. The number of carbonyl (C=O) groups excluding carboxylic acids is 3. The lowest BCUT2D eigenvalue weighted by molar-refractivity contribution is -0.129. The molecular weight excluding hydrogens is 582 g/mol. The minimum Gasteiger partial charge on any atom is -0.451 e. The lowest BCUT2D eigenvalue weighted by Crippen LogP contribution is -2.49. The molecule has 11 nitrogen and oxygen atoms in total. The molecule has 0 aliphatic carbocycles. The normalized spacial score (nSPS) is 18.4. The number of para-hydroxylation sites is 2. The molecule has 11 heteroatoms. The van der Waals surface area contributed by atoms with Crippen molar-refractivity contribution in [1.82, 2.24) is 35.3 Å². The van der Waals surface area contributed by atoms with Gasteiger partial charge < -0.3 is 24.9 Å². The number of aryl methyl sites for hydroxylation is 2. The van der Waals surface area contributed by atoms with E-state index in [-0.39, 0.29) is 30.1 Å². The van der Waals surface area contributed by atoms with Crippen LogP contribution in [0.3, 0.4) is 0 Å². The van der Waals surface area contributed by atoms with E-state index >= 15 is 0 Å². The summed E-state index contributed by atoms with van der Waals surface area (Å²) in [6.45, 7) is 8.93. The van der Waals surface area contributed by atoms with Crippen LogP contribution in [0.25, 0.3) is 21.9 Å². The summed E-state index contributed by atoms with van der Waals surface area (Å²) in [5, 5.41) is 12.8. The van der Waals surface area contributed by atoms with Gasteiger partial charge in [-0.2, -0.15) is 5.10 Å². The van der Waals surface area contributed by atoms with Crippen LogP contribution in [0.2, 0.25) is 0 Å². The lowest BCUT2D eigenvalue weighted by Gasteiger charge is -2.27. The Morgan fingerprint density at radius 3 is 2.52 bits per heavy atom. The number of furan rings is 1. The van der Waals surface area contributed by atoms with Crippen molar-refractivity contribution in [2.75, 3.05) is 13.1 Å². The molecule has 2 atom stereocenters. The fourth-order valence-corrected chi connectivity index (χ4v) is 6.35. The third kappa shape index (κ3) is 6.54. The van der Waals surface area contributed by atoms with Crippen LogP contribution in [0.4, 0.5) is 0 Å². The van der Waals surface area contributed by atoms with Crippen LogP contribution in [-0.4, -0.2) is 61.5 Å². The first-order valence-electron chi connectivity index (χ1n) is 16.0. The maximum Gasteiger partial charge on any atom is 0.289 e. The minimum absolute atomic E-state index is 0.156. The molecule has 0 unspecified atom stereocenters. The van der Waals surface area contributed by atoms with Gasteiger partial charge in [0.15, 0.2) is 5.76 Å². The Hall–Kier alpha value is -4.93. The van der Waals surface area contributed by atoms with Crippen LogP contribution in [0.15, 0.2) is 59.1 Å². The second-order valence-corrected chi connectivity index (χ2v) is 12.6. The first-order chi connectivity index (χ1) is 22.2. The van der Waals surface area contributed by atoms with Gasteiger partial charge in [-0.3, -0.25) is 14.4 Å². The Morgan fingerprint density at radius 1 is 0.978 bits per heavy atom. The zero-order valence-electron chi connectivity index (χ0n) is 26.8. The standard InChI is InChI=1S/C35H41N7O4/c1-21(2)18-28-33-37-23(4)40-42(33)17-16-41(35(45)32-22(3)25-10-6-8-13-30(25)46-32)15-9-14-31(43)38-29(34(44)39-28)19-24-20-36-27-12-7-5-11-26(24)27/h5-8,10-13,20-21,28-29,36H,9,14-19H2,1-4H3,(H,38,43)(H,39,44)/t28-,29+/m0/s1. The number of amides is 3. The van der Waals surface area contributed by atoms with Crippen LogP contribution >= 0.6 is 0 Å². The van der Waals surface area contributed by atoms with E-state index in [1.54, 1.807) is 9.58 Å². The van der Waals surface area contributed by atoms with Crippen molar-refractivity contribution in [3.05, 3.63) is 83.3 Å². The van der Waals surface area contributed by atoms with Gasteiger partial charge in [0.05, 0.1) is 12.6 Å². The first kappa shape index (κ1) is 31.1. The van der Waals surface area contributed by atoms with Crippen molar-refractivity contribution in [2.24, 2.45) is 5.92 Å². The van der Waals surface area contributed by atoms with E-state index < -0.39 is 12.1 Å². The molecule has 0 radical (unpaired) electrons. The molecule has 5 aromatic rings. The molecule has 240 valence electrons. The highest BCUT2D eigenvalue weighted by atomic mass is 16.3. The van der Waals surface area contributed by atoms with E-state index in [4.69, 9.17) is 9.40 Å². The Labute approximate surface area is 267 Å². The molecule has 4 heterocycles.